The minimum atomic E-state index is -3.37. The molecule has 6 heteroatoms. The first kappa shape index (κ1) is 16.4. The molecule has 0 radical (unpaired) electrons. The summed E-state index contributed by atoms with van der Waals surface area (Å²) in [5.41, 5.74) is 6.58. The highest BCUT2D eigenvalue weighted by molar-refractivity contribution is 7.89. The lowest BCUT2D eigenvalue weighted by molar-refractivity contribution is 0.154. The molecule has 21 heavy (non-hydrogen) atoms. The lowest BCUT2D eigenvalue weighted by Crippen LogP contribution is -2.50. The van der Waals surface area contributed by atoms with Crippen molar-refractivity contribution in [1.82, 2.24) is 9.21 Å². The Morgan fingerprint density at radius 1 is 1.10 bits per heavy atom. The standard InChI is InChI=1S/C15H25N3O2S/c1-13(2)17-9-11-18(12-10-17)21(19,20)15-5-3-14(4-6-15)7-8-16/h3-6,13H,7-12,16H2,1-2H3. The van der Waals surface area contributed by atoms with E-state index in [0.717, 1.165) is 25.1 Å². The summed E-state index contributed by atoms with van der Waals surface area (Å²) in [6, 6.07) is 7.55. The van der Waals surface area contributed by atoms with E-state index < -0.39 is 10.0 Å². The summed E-state index contributed by atoms with van der Waals surface area (Å²) in [4.78, 5) is 2.68. The van der Waals surface area contributed by atoms with Gasteiger partial charge in [-0.1, -0.05) is 12.1 Å². The Hall–Kier alpha value is -0.950. The van der Waals surface area contributed by atoms with Gasteiger partial charge in [0.05, 0.1) is 4.90 Å². The summed E-state index contributed by atoms with van der Waals surface area (Å²) < 4.78 is 26.8. The number of hydrogen-bond acceptors (Lipinski definition) is 4. The molecular weight excluding hydrogens is 286 g/mol. The Bertz CT molecular complexity index is 547. The molecule has 0 atom stereocenters. The predicted octanol–water partition coefficient (Wildman–Crippen LogP) is 0.903. The molecular formula is C15H25N3O2S. The van der Waals surface area contributed by atoms with Crippen molar-refractivity contribution in [3.63, 3.8) is 0 Å². The second-order valence-corrected chi connectivity index (χ2v) is 7.65. The average Bonchev–Trinajstić information content (AvgIpc) is 2.48. The molecule has 1 heterocycles. The molecule has 1 fully saturated rings. The fourth-order valence-corrected chi connectivity index (χ4v) is 4.03. The molecule has 1 aromatic rings. The van der Waals surface area contributed by atoms with Crippen LogP contribution in [0.1, 0.15) is 19.4 Å². The van der Waals surface area contributed by atoms with Crippen molar-refractivity contribution in [2.24, 2.45) is 5.73 Å². The van der Waals surface area contributed by atoms with E-state index >= 15 is 0 Å². The molecule has 118 valence electrons. The van der Waals surface area contributed by atoms with Gasteiger partial charge in [-0.3, -0.25) is 4.90 Å². The molecule has 0 bridgehead atoms. The van der Waals surface area contributed by atoms with Gasteiger partial charge in [0.1, 0.15) is 0 Å². The third kappa shape index (κ3) is 3.83. The molecule has 0 saturated carbocycles. The fraction of sp³-hybridized carbons (Fsp3) is 0.600. The summed E-state index contributed by atoms with van der Waals surface area (Å²) in [5.74, 6) is 0. The third-order valence-electron chi connectivity index (χ3n) is 4.00. The molecule has 0 aromatic heterocycles. The van der Waals surface area contributed by atoms with Gasteiger partial charge in [-0.25, -0.2) is 8.42 Å². The quantitative estimate of drug-likeness (QED) is 0.877. The van der Waals surface area contributed by atoms with Gasteiger partial charge >= 0.3 is 0 Å². The summed E-state index contributed by atoms with van der Waals surface area (Å²) in [5, 5.41) is 0. The van der Waals surface area contributed by atoms with Gasteiger partial charge in [0, 0.05) is 32.2 Å². The van der Waals surface area contributed by atoms with Gasteiger partial charge < -0.3 is 5.73 Å². The SMILES string of the molecule is CC(C)N1CCN(S(=O)(=O)c2ccc(CCN)cc2)CC1. The highest BCUT2D eigenvalue weighted by Crippen LogP contribution is 2.19. The van der Waals surface area contributed by atoms with Crippen molar-refractivity contribution in [2.75, 3.05) is 32.7 Å². The van der Waals surface area contributed by atoms with E-state index in [2.05, 4.69) is 18.7 Å². The third-order valence-corrected chi connectivity index (χ3v) is 5.91. The number of piperazine rings is 1. The first-order valence-corrected chi connectivity index (χ1v) is 8.92. The Morgan fingerprint density at radius 3 is 2.14 bits per heavy atom. The molecule has 0 spiro atoms. The Morgan fingerprint density at radius 2 is 1.67 bits per heavy atom. The number of nitrogens with zero attached hydrogens (tertiary/aromatic N) is 2. The molecule has 2 N–H and O–H groups in total. The van der Waals surface area contributed by atoms with E-state index in [0.29, 0.717) is 30.6 Å². The Balaban J connectivity index is 2.08. The van der Waals surface area contributed by atoms with E-state index in [1.807, 2.05) is 12.1 Å². The maximum absolute atomic E-state index is 12.6. The minimum absolute atomic E-state index is 0.376. The first-order valence-electron chi connectivity index (χ1n) is 7.48. The number of rotatable bonds is 5. The van der Waals surface area contributed by atoms with Crippen LogP contribution < -0.4 is 5.73 Å². The second-order valence-electron chi connectivity index (χ2n) is 5.72. The summed E-state index contributed by atoms with van der Waals surface area (Å²) in [6.07, 6.45) is 0.771. The van der Waals surface area contributed by atoms with Crippen molar-refractivity contribution in [1.29, 1.82) is 0 Å². The average molecular weight is 311 g/mol. The lowest BCUT2D eigenvalue weighted by atomic mass is 10.2. The Kier molecular flexibility index (Phi) is 5.37. The van der Waals surface area contributed by atoms with Crippen LogP contribution in [0.4, 0.5) is 0 Å². The van der Waals surface area contributed by atoms with E-state index in [1.165, 1.54) is 0 Å². The van der Waals surface area contributed by atoms with Crippen LogP contribution in [0.3, 0.4) is 0 Å². The topological polar surface area (TPSA) is 66.6 Å². The molecule has 0 aliphatic carbocycles. The first-order chi connectivity index (χ1) is 9.95. The smallest absolute Gasteiger partial charge is 0.243 e. The van der Waals surface area contributed by atoms with Gasteiger partial charge in [-0.05, 0) is 44.5 Å². The van der Waals surface area contributed by atoms with Crippen molar-refractivity contribution >= 4 is 10.0 Å². The molecule has 1 aliphatic rings. The van der Waals surface area contributed by atoms with Crippen LogP contribution in [0.15, 0.2) is 29.2 Å². The number of nitrogens with two attached hydrogens (primary N) is 1. The van der Waals surface area contributed by atoms with E-state index in [4.69, 9.17) is 5.73 Å². The van der Waals surface area contributed by atoms with Crippen LogP contribution in [0.2, 0.25) is 0 Å². The number of sulfonamides is 1. The van der Waals surface area contributed by atoms with Gasteiger partial charge in [0.15, 0.2) is 0 Å². The summed E-state index contributed by atoms with van der Waals surface area (Å²) in [6.45, 7) is 7.56. The number of hydrogen-bond donors (Lipinski definition) is 1. The van der Waals surface area contributed by atoms with Crippen LogP contribution >= 0.6 is 0 Å². The van der Waals surface area contributed by atoms with Crippen LogP contribution in [0.25, 0.3) is 0 Å². The zero-order valence-corrected chi connectivity index (χ0v) is 13.6. The predicted molar refractivity (Wildman–Crippen MR) is 84.7 cm³/mol. The molecule has 1 aliphatic heterocycles. The summed E-state index contributed by atoms with van der Waals surface area (Å²) >= 11 is 0. The molecule has 1 aromatic carbocycles. The fourth-order valence-electron chi connectivity index (χ4n) is 2.60. The minimum Gasteiger partial charge on any atom is -0.330 e. The van der Waals surface area contributed by atoms with Crippen molar-refractivity contribution in [3.05, 3.63) is 29.8 Å². The monoisotopic (exact) mass is 311 g/mol. The number of benzene rings is 1. The maximum atomic E-state index is 12.6. The van der Waals surface area contributed by atoms with E-state index in [-0.39, 0.29) is 0 Å². The zero-order chi connectivity index (χ0) is 15.5. The highest BCUT2D eigenvalue weighted by atomic mass is 32.2. The zero-order valence-electron chi connectivity index (χ0n) is 12.8. The van der Waals surface area contributed by atoms with Crippen LogP contribution in [-0.4, -0.2) is 56.4 Å². The normalized spacial score (nSPS) is 18.3. The molecule has 1 saturated heterocycles. The largest absolute Gasteiger partial charge is 0.330 e. The maximum Gasteiger partial charge on any atom is 0.243 e. The van der Waals surface area contributed by atoms with Gasteiger partial charge in [-0.2, -0.15) is 4.31 Å². The van der Waals surface area contributed by atoms with Gasteiger partial charge in [0.25, 0.3) is 0 Å². The molecule has 2 rings (SSSR count). The van der Waals surface area contributed by atoms with Crippen LogP contribution in [0.5, 0.6) is 0 Å². The van der Waals surface area contributed by atoms with Crippen molar-refractivity contribution in [3.8, 4) is 0 Å². The second kappa shape index (κ2) is 6.87. The van der Waals surface area contributed by atoms with Crippen molar-refractivity contribution in [2.45, 2.75) is 31.2 Å². The van der Waals surface area contributed by atoms with Gasteiger partial charge in [-0.15, -0.1) is 0 Å². The van der Waals surface area contributed by atoms with Crippen LogP contribution in [0, 0.1) is 0 Å². The molecule has 5 nitrogen and oxygen atoms in total. The van der Waals surface area contributed by atoms with Crippen LogP contribution in [-0.2, 0) is 16.4 Å². The van der Waals surface area contributed by atoms with E-state index in [9.17, 15) is 8.42 Å². The van der Waals surface area contributed by atoms with Gasteiger partial charge in [0.2, 0.25) is 10.0 Å². The van der Waals surface area contributed by atoms with E-state index in [1.54, 1.807) is 16.4 Å². The Labute approximate surface area is 127 Å². The lowest BCUT2D eigenvalue weighted by Gasteiger charge is -2.36. The molecule has 0 unspecified atom stereocenters. The summed E-state index contributed by atoms with van der Waals surface area (Å²) in [7, 11) is -3.37. The highest BCUT2D eigenvalue weighted by Gasteiger charge is 2.28. The molecule has 0 amide bonds. The van der Waals surface area contributed by atoms with Crippen molar-refractivity contribution < 1.29 is 8.42 Å².